The number of amides is 1. The fourth-order valence-electron chi connectivity index (χ4n) is 3.23. The predicted octanol–water partition coefficient (Wildman–Crippen LogP) is 4.06. The highest BCUT2D eigenvalue weighted by molar-refractivity contribution is 9.10. The summed E-state index contributed by atoms with van der Waals surface area (Å²) in [7, 11) is 0. The average Bonchev–Trinajstić information content (AvgIpc) is 3.32. The van der Waals surface area contributed by atoms with Crippen molar-refractivity contribution in [2.24, 2.45) is 0 Å². The third-order valence-electron chi connectivity index (χ3n) is 4.57. The highest BCUT2D eigenvalue weighted by atomic mass is 79.9. The van der Waals surface area contributed by atoms with E-state index in [1.54, 1.807) is 60.9 Å². The molecule has 1 saturated heterocycles. The van der Waals surface area contributed by atoms with Gasteiger partial charge in [-0.3, -0.25) is 14.6 Å². The maximum absolute atomic E-state index is 12.8. The molecule has 1 aromatic carbocycles. The molecule has 1 unspecified atom stereocenters. The summed E-state index contributed by atoms with van der Waals surface area (Å²) in [6, 6.07) is 13.0. The molecule has 0 radical (unpaired) electrons. The van der Waals surface area contributed by atoms with E-state index in [9.17, 15) is 14.7 Å². The molecular formula is C21H15BrN2O4. The summed E-state index contributed by atoms with van der Waals surface area (Å²) in [5, 5.41) is 10.9. The highest BCUT2D eigenvalue weighted by Crippen LogP contribution is 2.40. The number of pyridine rings is 1. The molecule has 0 aliphatic carbocycles. The molecule has 1 fully saturated rings. The van der Waals surface area contributed by atoms with Crippen LogP contribution in [-0.2, 0) is 16.1 Å². The number of carbonyl (C=O) groups is 2. The molecule has 6 nitrogen and oxygen atoms in total. The number of aromatic nitrogens is 1. The lowest BCUT2D eigenvalue weighted by molar-refractivity contribution is -0.140. The zero-order valence-electron chi connectivity index (χ0n) is 14.6. The topological polar surface area (TPSA) is 83.6 Å². The number of rotatable bonds is 4. The van der Waals surface area contributed by atoms with Crippen LogP contribution >= 0.6 is 15.9 Å². The molecule has 140 valence electrons. The van der Waals surface area contributed by atoms with E-state index >= 15 is 0 Å². The van der Waals surface area contributed by atoms with Crippen molar-refractivity contribution in [2.75, 3.05) is 0 Å². The number of Topliss-reactive ketones (excluding diaryl/α,β-unsaturated/α-hetero) is 1. The Hall–Kier alpha value is -3.19. The minimum absolute atomic E-state index is 0.0105. The number of hydrogen-bond acceptors (Lipinski definition) is 5. The Balaban J connectivity index is 1.83. The lowest BCUT2D eigenvalue weighted by Gasteiger charge is -2.23. The molecule has 0 saturated carbocycles. The molecule has 0 spiro atoms. The van der Waals surface area contributed by atoms with Gasteiger partial charge in [-0.1, -0.05) is 28.1 Å². The highest BCUT2D eigenvalue weighted by Gasteiger charge is 2.47. The SMILES string of the molecule is O=C1C(=O)N(Cc2ccncc2)C(c2ccco2)/C1=C(/O)c1ccc(Br)cc1. The van der Waals surface area contributed by atoms with Gasteiger partial charge in [0.05, 0.1) is 11.8 Å². The molecule has 1 aliphatic heterocycles. The molecule has 1 aliphatic rings. The first kappa shape index (κ1) is 18.2. The quantitative estimate of drug-likeness (QED) is 0.377. The Bertz CT molecular complexity index is 1040. The van der Waals surface area contributed by atoms with Crippen LogP contribution in [0.25, 0.3) is 5.76 Å². The van der Waals surface area contributed by atoms with E-state index < -0.39 is 17.7 Å². The number of halogens is 1. The van der Waals surface area contributed by atoms with Crippen LogP contribution in [0, 0.1) is 0 Å². The molecule has 28 heavy (non-hydrogen) atoms. The van der Waals surface area contributed by atoms with Gasteiger partial charge >= 0.3 is 0 Å². The molecular weight excluding hydrogens is 424 g/mol. The van der Waals surface area contributed by atoms with Crippen molar-refractivity contribution in [3.8, 4) is 0 Å². The van der Waals surface area contributed by atoms with Crippen molar-refractivity contribution in [1.29, 1.82) is 0 Å². The first-order valence-corrected chi connectivity index (χ1v) is 9.32. The summed E-state index contributed by atoms with van der Waals surface area (Å²) in [5.41, 5.74) is 1.27. The van der Waals surface area contributed by atoms with E-state index in [2.05, 4.69) is 20.9 Å². The molecule has 1 atom stereocenters. The lowest BCUT2D eigenvalue weighted by Crippen LogP contribution is -2.29. The number of benzene rings is 1. The Morgan fingerprint density at radius 3 is 2.46 bits per heavy atom. The fourth-order valence-corrected chi connectivity index (χ4v) is 3.50. The van der Waals surface area contributed by atoms with Crippen molar-refractivity contribution in [2.45, 2.75) is 12.6 Å². The van der Waals surface area contributed by atoms with Crippen LogP contribution in [-0.4, -0.2) is 26.7 Å². The Morgan fingerprint density at radius 2 is 1.82 bits per heavy atom. The Kier molecular flexibility index (Phi) is 4.83. The van der Waals surface area contributed by atoms with Gasteiger partial charge in [-0.25, -0.2) is 0 Å². The van der Waals surface area contributed by atoms with Gasteiger partial charge in [-0.2, -0.15) is 0 Å². The van der Waals surface area contributed by atoms with Gasteiger partial charge in [-0.15, -0.1) is 0 Å². The van der Waals surface area contributed by atoms with Crippen LogP contribution in [0.3, 0.4) is 0 Å². The molecule has 3 aromatic rings. The molecule has 0 bridgehead atoms. The molecule has 2 aromatic heterocycles. The summed E-state index contributed by atoms with van der Waals surface area (Å²) in [6.45, 7) is 0.190. The summed E-state index contributed by atoms with van der Waals surface area (Å²) >= 11 is 3.34. The van der Waals surface area contributed by atoms with Gasteiger partial charge in [0.2, 0.25) is 0 Å². The second kappa shape index (κ2) is 7.44. The normalized spacial score (nSPS) is 18.6. The van der Waals surface area contributed by atoms with Crippen molar-refractivity contribution in [3.05, 3.63) is 94.1 Å². The first-order chi connectivity index (χ1) is 13.6. The Morgan fingerprint density at radius 1 is 1.11 bits per heavy atom. The largest absolute Gasteiger partial charge is 0.507 e. The second-order valence-electron chi connectivity index (χ2n) is 6.30. The van der Waals surface area contributed by atoms with Crippen LogP contribution in [0.2, 0.25) is 0 Å². The van der Waals surface area contributed by atoms with E-state index in [0.717, 1.165) is 10.0 Å². The molecule has 4 rings (SSSR count). The number of likely N-dealkylation sites (tertiary alicyclic amines) is 1. The third kappa shape index (κ3) is 3.25. The van der Waals surface area contributed by atoms with Crippen molar-refractivity contribution >= 4 is 33.4 Å². The van der Waals surface area contributed by atoms with E-state index in [1.165, 1.54) is 11.2 Å². The van der Waals surface area contributed by atoms with Gasteiger partial charge < -0.3 is 14.4 Å². The van der Waals surface area contributed by atoms with Crippen LogP contribution in [0.5, 0.6) is 0 Å². The monoisotopic (exact) mass is 438 g/mol. The van der Waals surface area contributed by atoms with E-state index in [4.69, 9.17) is 4.42 Å². The zero-order valence-corrected chi connectivity index (χ0v) is 16.2. The van der Waals surface area contributed by atoms with Gasteiger partial charge in [0.25, 0.3) is 11.7 Å². The van der Waals surface area contributed by atoms with Crippen LogP contribution in [0.4, 0.5) is 0 Å². The maximum Gasteiger partial charge on any atom is 0.296 e. The fraction of sp³-hybridized carbons (Fsp3) is 0.0952. The number of furan rings is 1. The smallest absolute Gasteiger partial charge is 0.296 e. The van der Waals surface area contributed by atoms with E-state index in [0.29, 0.717) is 11.3 Å². The van der Waals surface area contributed by atoms with E-state index in [-0.39, 0.29) is 17.9 Å². The lowest BCUT2D eigenvalue weighted by atomic mass is 9.99. The number of hydrogen-bond donors (Lipinski definition) is 1. The first-order valence-electron chi connectivity index (χ1n) is 8.53. The number of ketones is 1. The average molecular weight is 439 g/mol. The maximum atomic E-state index is 12.8. The summed E-state index contributed by atoms with van der Waals surface area (Å²) in [6.07, 6.45) is 4.72. The van der Waals surface area contributed by atoms with Crippen LogP contribution in [0.15, 0.2) is 81.7 Å². The molecule has 7 heteroatoms. The standard InChI is InChI=1S/C21H15BrN2O4/c22-15-5-3-14(4-6-15)19(25)17-18(16-2-1-11-28-16)24(21(27)20(17)26)12-13-7-9-23-10-8-13/h1-11,18,25H,12H2/b19-17-. The molecule has 1 N–H and O–H groups in total. The molecule has 3 heterocycles. The van der Waals surface area contributed by atoms with Crippen LogP contribution < -0.4 is 0 Å². The van der Waals surface area contributed by atoms with Crippen LogP contribution in [0.1, 0.15) is 22.9 Å². The predicted molar refractivity (Wildman–Crippen MR) is 105 cm³/mol. The van der Waals surface area contributed by atoms with Gasteiger partial charge in [0.1, 0.15) is 17.6 Å². The van der Waals surface area contributed by atoms with Gasteiger partial charge in [-0.05, 0) is 42.0 Å². The minimum Gasteiger partial charge on any atom is -0.507 e. The van der Waals surface area contributed by atoms with Crippen molar-refractivity contribution < 1.29 is 19.1 Å². The van der Waals surface area contributed by atoms with E-state index in [1.807, 2.05) is 0 Å². The summed E-state index contributed by atoms with van der Waals surface area (Å²) in [4.78, 5) is 31.0. The van der Waals surface area contributed by atoms with Crippen molar-refractivity contribution in [3.63, 3.8) is 0 Å². The number of nitrogens with zero attached hydrogens (tertiary/aromatic N) is 2. The summed E-state index contributed by atoms with van der Waals surface area (Å²) in [5.74, 6) is -1.25. The Labute approximate surface area is 169 Å². The number of aliphatic hydroxyl groups excluding tert-OH is 1. The number of aliphatic hydroxyl groups is 1. The molecule has 1 amide bonds. The second-order valence-corrected chi connectivity index (χ2v) is 7.22. The van der Waals surface area contributed by atoms with Crippen molar-refractivity contribution in [1.82, 2.24) is 9.88 Å². The minimum atomic E-state index is -0.813. The third-order valence-corrected chi connectivity index (χ3v) is 5.10. The van der Waals surface area contributed by atoms with Gasteiger partial charge in [0, 0.05) is 29.0 Å². The zero-order chi connectivity index (χ0) is 19.7. The van der Waals surface area contributed by atoms with Gasteiger partial charge in [0.15, 0.2) is 0 Å². The summed E-state index contributed by atoms with van der Waals surface area (Å²) < 4.78 is 6.34. The number of carbonyl (C=O) groups excluding carboxylic acids is 2.